The van der Waals surface area contributed by atoms with Crippen LogP contribution in [0.25, 0.3) is 0 Å². The number of amidine groups is 1. The number of amides is 2. The molecule has 0 aliphatic carbocycles. The topological polar surface area (TPSA) is 53.0 Å². The Hall–Kier alpha value is -2.02. The third-order valence-electron chi connectivity index (χ3n) is 5.43. The summed E-state index contributed by atoms with van der Waals surface area (Å²) in [6.45, 7) is 3.06. The summed E-state index contributed by atoms with van der Waals surface area (Å²) in [6.07, 6.45) is 1.51. The maximum atomic E-state index is 13.7. The molecule has 0 unspecified atom stereocenters. The molecule has 0 saturated carbocycles. The van der Waals surface area contributed by atoms with Crippen LogP contribution in [0.1, 0.15) is 30.1 Å². The number of thioether (sulfide) groups is 1. The highest BCUT2D eigenvalue weighted by atomic mass is 35.5. The average molecular weight is 476 g/mol. The smallest absolute Gasteiger partial charge is 0.253 e. The van der Waals surface area contributed by atoms with Crippen molar-refractivity contribution >= 4 is 57.6 Å². The van der Waals surface area contributed by atoms with Crippen LogP contribution in [0.5, 0.6) is 0 Å². The fraction of sp³-hybridized carbons (Fsp3) is 0.348. The van der Waals surface area contributed by atoms with Crippen LogP contribution in [0.3, 0.4) is 0 Å². The Morgan fingerprint density at radius 3 is 2.32 bits per heavy atom. The van der Waals surface area contributed by atoms with Crippen molar-refractivity contribution in [3.8, 4) is 0 Å². The van der Waals surface area contributed by atoms with Gasteiger partial charge in [0.15, 0.2) is 5.17 Å². The van der Waals surface area contributed by atoms with Crippen molar-refractivity contribution in [2.45, 2.75) is 25.8 Å². The summed E-state index contributed by atoms with van der Waals surface area (Å²) in [5.41, 5.74) is 1.33. The third-order valence-corrected chi connectivity index (χ3v) is 7.13. The molecule has 2 aromatic carbocycles. The number of carbonyl (C=O) groups is 2. The first-order chi connectivity index (χ1) is 14.9. The minimum absolute atomic E-state index is 0.0312. The van der Waals surface area contributed by atoms with Crippen LogP contribution >= 0.6 is 35.0 Å². The van der Waals surface area contributed by atoms with Crippen LogP contribution in [-0.2, 0) is 4.79 Å². The zero-order valence-corrected chi connectivity index (χ0v) is 19.5. The average Bonchev–Trinajstić information content (AvgIpc) is 3.21. The minimum Gasteiger partial charge on any atom is -0.338 e. The quantitative estimate of drug-likeness (QED) is 0.599. The first-order valence-electron chi connectivity index (χ1n) is 10.3. The molecule has 2 amide bonds. The Labute approximate surface area is 196 Å². The molecule has 0 aromatic heterocycles. The van der Waals surface area contributed by atoms with E-state index < -0.39 is 0 Å². The number of hydrogen-bond donors (Lipinski definition) is 0. The van der Waals surface area contributed by atoms with E-state index in [9.17, 15) is 9.59 Å². The van der Waals surface area contributed by atoms with Gasteiger partial charge < -0.3 is 4.90 Å². The van der Waals surface area contributed by atoms with Crippen molar-refractivity contribution < 1.29 is 9.59 Å². The van der Waals surface area contributed by atoms with Gasteiger partial charge in [-0.05, 0) is 68.3 Å². The number of nitrogens with zero attached hydrogens (tertiary/aromatic N) is 3. The summed E-state index contributed by atoms with van der Waals surface area (Å²) in [5, 5.41) is 1.91. The first-order valence-corrected chi connectivity index (χ1v) is 12.0. The molecular formula is C23H23Cl2N3O2S. The van der Waals surface area contributed by atoms with Crippen molar-refractivity contribution in [2.24, 2.45) is 10.9 Å². The minimum atomic E-state index is -0.292. The van der Waals surface area contributed by atoms with Crippen molar-refractivity contribution in [1.82, 2.24) is 4.90 Å². The van der Waals surface area contributed by atoms with Gasteiger partial charge in [-0.15, -0.1) is 0 Å². The number of benzene rings is 2. The van der Waals surface area contributed by atoms with E-state index in [1.807, 2.05) is 19.1 Å². The van der Waals surface area contributed by atoms with E-state index in [1.165, 1.54) is 0 Å². The lowest BCUT2D eigenvalue weighted by atomic mass is 9.95. The Morgan fingerprint density at radius 1 is 1.06 bits per heavy atom. The fourth-order valence-electron chi connectivity index (χ4n) is 3.82. The van der Waals surface area contributed by atoms with Crippen molar-refractivity contribution in [3.05, 3.63) is 64.1 Å². The van der Waals surface area contributed by atoms with Gasteiger partial charge in [-0.25, -0.2) is 0 Å². The zero-order valence-electron chi connectivity index (χ0n) is 17.1. The van der Waals surface area contributed by atoms with E-state index in [0.717, 1.165) is 24.3 Å². The largest absolute Gasteiger partial charge is 0.338 e. The number of aliphatic imine (C=N–C) groups is 1. The maximum absolute atomic E-state index is 13.7. The molecule has 1 fully saturated rings. The molecule has 0 radical (unpaired) electrons. The highest BCUT2D eigenvalue weighted by molar-refractivity contribution is 8.14. The van der Waals surface area contributed by atoms with Crippen LogP contribution in [0.15, 0.2) is 53.5 Å². The molecule has 0 spiro atoms. The molecule has 162 valence electrons. The summed E-state index contributed by atoms with van der Waals surface area (Å²) >= 11 is 13.6. The predicted molar refractivity (Wildman–Crippen MR) is 128 cm³/mol. The van der Waals surface area contributed by atoms with E-state index in [-0.39, 0.29) is 23.8 Å². The van der Waals surface area contributed by atoms with E-state index in [1.54, 1.807) is 58.0 Å². The van der Waals surface area contributed by atoms with Crippen molar-refractivity contribution in [3.63, 3.8) is 0 Å². The molecule has 0 N–H and O–H groups in total. The Bertz CT molecular complexity index is 995. The number of halogens is 2. The Kier molecular flexibility index (Phi) is 6.89. The molecule has 2 aliphatic rings. The SMILES string of the molecule is C[C@@H]1CSC(N(C(=O)[C@H]2CCCN(C(=O)c3ccc(Cl)cc3)C2)c2ccc(Cl)cc2)=N1. The molecule has 1 saturated heterocycles. The van der Waals surface area contributed by atoms with Gasteiger partial charge in [-0.3, -0.25) is 19.5 Å². The number of anilines is 1. The van der Waals surface area contributed by atoms with Gasteiger partial charge in [-0.2, -0.15) is 0 Å². The predicted octanol–water partition coefficient (Wildman–Crippen LogP) is 5.37. The van der Waals surface area contributed by atoms with Gasteiger partial charge >= 0.3 is 0 Å². The van der Waals surface area contributed by atoms with E-state index in [2.05, 4.69) is 4.99 Å². The number of piperidine rings is 1. The first kappa shape index (κ1) is 22.2. The van der Waals surface area contributed by atoms with Crippen LogP contribution in [0.2, 0.25) is 10.0 Å². The molecule has 2 aromatic rings. The third kappa shape index (κ3) is 5.08. The standard InChI is InChI=1S/C23H23Cl2N3O2S/c1-15-14-31-23(26-15)28(20-10-8-19(25)9-11-20)22(30)17-3-2-12-27(13-17)21(29)16-4-6-18(24)7-5-16/h4-11,15,17H,2-3,12-14H2,1H3/t15-,17+/m1/s1. The maximum Gasteiger partial charge on any atom is 0.253 e. The van der Waals surface area contributed by atoms with Crippen LogP contribution < -0.4 is 4.90 Å². The molecular weight excluding hydrogens is 453 g/mol. The zero-order chi connectivity index (χ0) is 22.0. The molecule has 2 heterocycles. The van der Waals surface area contributed by atoms with Crippen LogP contribution in [0.4, 0.5) is 5.69 Å². The lowest BCUT2D eigenvalue weighted by molar-refractivity contribution is -0.122. The van der Waals surface area contributed by atoms with Gasteiger partial charge in [-0.1, -0.05) is 35.0 Å². The monoisotopic (exact) mass is 475 g/mol. The Balaban J connectivity index is 1.56. The molecule has 2 atom stereocenters. The molecule has 2 aliphatic heterocycles. The van der Waals surface area contributed by atoms with Gasteiger partial charge in [0.05, 0.1) is 17.6 Å². The normalized spacial score (nSPS) is 21.0. The van der Waals surface area contributed by atoms with E-state index in [4.69, 9.17) is 23.2 Å². The summed E-state index contributed by atoms with van der Waals surface area (Å²) in [7, 11) is 0. The number of hydrogen-bond acceptors (Lipinski definition) is 4. The fourth-order valence-corrected chi connectivity index (χ4v) is 5.12. The van der Waals surface area contributed by atoms with Gasteiger partial charge in [0.1, 0.15) is 0 Å². The number of carbonyl (C=O) groups excluding carboxylic acids is 2. The summed E-state index contributed by atoms with van der Waals surface area (Å²) in [4.78, 5) is 34.8. The highest BCUT2D eigenvalue weighted by Crippen LogP contribution is 2.30. The summed E-state index contributed by atoms with van der Waals surface area (Å²) in [6, 6.07) is 14.3. The number of rotatable bonds is 3. The van der Waals surface area contributed by atoms with Gasteiger partial charge in [0, 0.05) is 34.5 Å². The number of likely N-dealkylation sites (tertiary alicyclic amines) is 1. The molecule has 31 heavy (non-hydrogen) atoms. The van der Waals surface area contributed by atoms with Crippen LogP contribution in [-0.4, -0.2) is 46.8 Å². The van der Waals surface area contributed by atoms with Crippen molar-refractivity contribution in [2.75, 3.05) is 23.7 Å². The second-order valence-electron chi connectivity index (χ2n) is 7.82. The van der Waals surface area contributed by atoms with Gasteiger partial charge in [0.2, 0.25) is 5.91 Å². The van der Waals surface area contributed by atoms with E-state index >= 15 is 0 Å². The molecule has 0 bridgehead atoms. The molecule has 4 rings (SSSR count). The highest BCUT2D eigenvalue weighted by Gasteiger charge is 2.35. The second-order valence-corrected chi connectivity index (χ2v) is 9.68. The Morgan fingerprint density at radius 2 is 1.71 bits per heavy atom. The lowest BCUT2D eigenvalue weighted by Crippen LogP contribution is -2.48. The van der Waals surface area contributed by atoms with Gasteiger partial charge in [0.25, 0.3) is 5.91 Å². The molecule has 5 nitrogen and oxygen atoms in total. The molecule has 8 heteroatoms. The summed E-state index contributed by atoms with van der Waals surface area (Å²) in [5.74, 6) is 0.447. The van der Waals surface area contributed by atoms with Crippen LogP contribution in [0, 0.1) is 5.92 Å². The van der Waals surface area contributed by atoms with Crippen molar-refractivity contribution in [1.29, 1.82) is 0 Å². The lowest BCUT2D eigenvalue weighted by Gasteiger charge is -2.35. The summed E-state index contributed by atoms with van der Waals surface area (Å²) < 4.78 is 0. The van der Waals surface area contributed by atoms with E-state index in [0.29, 0.717) is 33.9 Å². The second kappa shape index (κ2) is 9.63.